The van der Waals surface area contributed by atoms with Gasteiger partial charge in [-0.05, 0) is 6.07 Å². The average molecular weight is 251 g/mol. The number of hydrogen-bond acceptors (Lipinski definition) is 5. The molecule has 1 aliphatic heterocycles. The summed E-state index contributed by atoms with van der Waals surface area (Å²) in [6.45, 7) is -0.257. The molecule has 3 heterocycles. The molecule has 0 saturated carbocycles. The zero-order valence-corrected chi connectivity index (χ0v) is 9.46. The molecule has 18 heavy (non-hydrogen) atoms. The molecule has 3 atom stereocenters. The summed E-state index contributed by atoms with van der Waals surface area (Å²) in [7, 11) is 0. The molecule has 0 bridgehead atoms. The highest BCUT2D eigenvalue weighted by molar-refractivity contribution is 5.73. The van der Waals surface area contributed by atoms with Gasteiger partial charge in [0.15, 0.2) is 0 Å². The molecule has 0 radical (unpaired) electrons. The van der Waals surface area contributed by atoms with E-state index in [1.807, 2.05) is 0 Å². The lowest BCUT2D eigenvalue weighted by molar-refractivity contribution is -0.0246. The predicted molar refractivity (Wildman–Crippen MR) is 62.0 cm³/mol. The Morgan fingerprint density at radius 3 is 3.11 bits per heavy atom. The van der Waals surface area contributed by atoms with Gasteiger partial charge < -0.3 is 24.9 Å². The Hall–Kier alpha value is -1.70. The summed E-state index contributed by atoms with van der Waals surface area (Å²) in [5, 5.41) is 19.1. The van der Waals surface area contributed by atoms with Crippen molar-refractivity contribution in [3.8, 4) is 0 Å². The van der Waals surface area contributed by atoms with Gasteiger partial charge in [0.2, 0.25) is 0 Å². The standard InChI is InChI=1S/C11H13N3O4/c15-4-8-6(16)3-7(18-8)10-13-9-5(1-2-12-9)11(17)14-10/h1-2,6-8,15-16H,3-4H2,(H2,12,13,14,17)/t6-,7+,8+/m0/s1. The van der Waals surface area contributed by atoms with Crippen molar-refractivity contribution in [1.29, 1.82) is 0 Å². The predicted octanol–water partition coefficient (Wildman–Crippen LogP) is -0.566. The molecular weight excluding hydrogens is 238 g/mol. The molecule has 1 fully saturated rings. The smallest absolute Gasteiger partial charge is 0.260 e. The van der Waals surface area contributed by atoms with Gasteiger partial charge in [-0.15, -0.1) is 0 Å². The lowest BCUT2D eigenvalue weighted by Crippen LogP contribution is -2.24. The van der Waals surface area contributed by atoms with Crippen LogP contribution >= 0.6 is 0 Å². The van der Waals surface area contributed by atoms with Gasteiger partial charge in [-0.25, -0.2) is 4.98 Å². The van der Waals surface area contributed by atoms with Crippen molar-refractivity contribution < 1.29 is 14.9 Å². The Kier molecular flexibility index (Phi) is 2.66. The van der Waals surface area contributed by atoms with E-state index in [1.54, 1.807) is 12.3 Å². The van der Waals surface area contributed by atoms with E-state index in [1.165, 1.54) is 0 Å². The normalized spacial score (nSPS) is 28.0. The zero-order valence-electron chi connectivity index (χ0n) is 9.46. The van der Waals surface area contributed by atoms with Crippen molar-refractivity contribution in [3.63, 3.8) is 0 Å². The fourth-order valence-corrected chi connectivity index (χ4v) is 2.19. The van der Waals surface area contributed by atoms with Crippen LogP contribution in [0.2, 0.25) is 0 Å². The molecule has 0 amide bonds. The first kappa shape index (κ1) is 11.4. The molecule has 2 aromatic heterocycles. The van der Waals surface area contributed by atoms with E-state index >= 15 is 0 Å². The van der Waals surface area contributed by atoms with Crippen LogP contribution < -0.4 is 5.56 Å². The first-order valence-electron chi connectivity index (χ1n) is 5.70. The Morgan fingerprint density at radius 1 is 1.56 bits per heavy atom. The molecule has 7 heteroatoms. The molecule has 2 aromatic rings. The van der Waals surface area contributed by atoms with Crippen LogP contribution in [0, 0.1) is 0 Å². The summed E-state index contributed by atoms with van der Waals surface area (Å²) in [5.74, 6) is 0.366. The number of H-pyrrole nitrogens is 2. The van der Waals surface area contributed by atoms with Crippen LogP contribution in [0.4, 0.5) is 0 Å². The van der Waals surface area contributed by atoms with E-state index in [4.69, 9.17) is 9.84 Å². The van der Waals surface area contributed by atoms with E-state index in [2.05, 4.69) is 15.0 Å². The second kappa shape index (κ2) is 4.20. The number of rotatable bonds is 2. The van der Waals surface area contributed by atoms with Crippen molar-refractivity contribution in [3.05, 3.63) is 28.4 Å². The Bertz CT molecular complexity index is 620. The Balaban J connectivity index is 1.98. The van der Waals surface area contributed by atoms with Gasteiger partial charge in [0.1, 0.15) is 23.7 Å². The van der Waals surface area contributed by atoms with E-state index in [0.29, 0.717) is 23.3 Å². The molecular formula is C11H13N3O4. The minimum Gasteiger partial charge on any atom is -0.394 e. The summed E-state index contributed by atoms with van der Waals surface area (Å²) < 4.78 is 5.44. The van der Waals surface area contributed by atoms with Gasteiger partial charge in [0, 0.05) is 12.6 Å². The minimum absolute atomic E-state index is 0.248. The van der Waals surface area contributed by atoms with Crippen molar-refractivity contribution in [2.75, 3.05) is 6.61 Å². The van der Waals surface area contributed by atoms with Crippen LogP contribution in [0.15, 0.2) is 17.1 Å². The van der Waals surface area contributed by atoms with Gasteiger partial charge in [-0.1, -0.05) is 0 Å². The fraction of sp³-hybridized carbons (Fsp3) is 0.455. The van der Waals surface area contributed by atoms with Gasteiger partial charge in [0.05, 0.1) is 18.1 Å². The molecule has 0 aromatic carbocycles. The van der Waals surface area contributed by atoms with Gasteiger partial charge in [0.25, 0.3) is 5.56 Å². The fourth-order valence-electron chi connectivity index (χ4n) is 2.19. The molecule has 96 valence electrons. The van der Waals surface area contributed by atoms with Crippen LogP contribution in [0.25, 0.3) is 11.0 Å². The quantitative estimate of drug-likeness (QED) is 0.571. The third kappa shape index (κ3) is 1.72. The van der Waals surface area contributed by atoms with E-state index < -0.39 is 18.3 Å². The zero-order chi connectivity index (χ0) is 12.7. The number of aromatic amines is 2. The topological polar surface area (TPSA) is 111 Å². The molecule has 0 unspecified atom stereocenters. The molecule has 3 rings (SSSR count). The second-order valence-electron chi connectivity index (χ2n) is 4.34. The minimum atomic E-state index is -0.746. The number of aliphatic hydroxyl groups is 2. The molecule has 0 aliphatic carbocycles. The molecule has 1 aliphatic rings. The first-order chi connectivity index (χ1) is 8.69. The lowest BCUT2D eigenvalue weighted by atomic mass is 10.1. The maximum Gasteiger partial charge on any atom is 0.260 e. The number of fused-ring (bicyclic) bond motifs is 1. The highest BCUT2D eigenvalue weighted by Gasteiger charge is 2.35. The SMILES string of the molecule is O=c1[nH]c([C@H]2C[C@H](O)[C@@H](CO)O2)nc2[nH]ccc12. The number of nitrogens with one attached hydrogen (secondary N) is 2. The Labute approximate surface area is 101 Å². The number of nitrogens with zero attached hydrogens (tertiary/aromatic N) is 1. The van der Waals surface area contributed by atoms with Gasteiger partial charge in [-0.2, -0.15) is 0 Å². The number of aromatic nitrogens is 3. The summed E-state index contributed by atoms with van der Waals surface area (Å²) in [6.07, 6.45) is 0.0691. The Morgan fingerprint density at radius 2 is 2.39 bits per heavy atom. The van der Waals surface area contributed by atoms with E-state index in [9.17, 15) is 9.90 Å². The maximum absolute atomic E-state index is 11.8. The average Bonchev–Trinajstić information content (AvgIpc) is 2.95. The highest BCUT2D eigenvalue weighted by atomic mass is 16.5. The van der Waals surface area contributed by atoms with Crippen molar-refractivity contribution in [1.82, 2.24) is 15.0 Å². The van der Waals surface area contributed by atoms with Gasteiger partial charge in [-0.3, -0.25) is 4.79 Å². The number of ether oxygens (including phenoxy) is 1. The van der Waals surface area contributed by atoms with Crippen molar-refractivity contribution in [2.45, 2.75) is 24.7 Å². The van der Waals surface area contributed by atoms with Crippen LogP contribution in [-0.2, 0) is 4.74 Å². The van der Waals surface area contributed by atoms with Crippen LogP contribution in [-0.4, -0.2) is 44.0 Å². The maximum atomic E-state index is 11.8. The van der Waals surface area contributed by atoms with Crippen LogP contribution in [0.5, 0.6) is 0 Å². The molecule has 1 saturated heterocycles. The third-order valence-corrected chi connectivity index (χ3v) is 3.15. The molecule has 7 nitrogen and oxygen atoms in total. The first-order valence-corrected chi connectivity index (χ1v) is 5.70. The van der Waals surface area contributed by atoms with Crippen molar-refractivity contribution >= 4 is 11.0 Å². The van der Waals surface area contributed by atoms with E-state index in [0.717, 1.165) is 0 Å². The van der Waals surface area contributed by atoms with Crippen molar-refractivity contribution in [2.24, 2.45) is 0 Å². The molecule has 4 N–H and O–H groups in total. The summed E-state index contributed by atoms with van der Waals surface area (Å²) >= 11 is 0. The lowest BCUT2D eigenvalue weighted by Gasteiger charge is -2.11. The summed E-state index contributed by atoms with van der Waals surface area (Å²) in [5.41, 5.74) is 0.237. The number of hydrogen-bond donors (Lipinski definition) is 4. The monoisotopic (exact) mass is 251 g/mol. The summed E-state index contributed by atoms with van der Waals surface area (Å²) in [6, 6.07) is 1.64. The summed E-state index contributed by atoms with van der Waals surface area (Å²) in [4.78, 5) is 21.5. The van der Waals surface area contributed by atoms with Gasteiger partial charge >= 0.3 is 0 Å². The van der Waals surface area contributed by atoms with Crippen LogP contribution in [0.3, 0.4) is 0 Å². The van der Waals surface area contributed by atoms with Crippen LogP contribution in [0.1, 0.15) is 18.3 Å². The van der Waals surface area contributed by atoms with E-state index in [-0.39, 0.29) is 12.2 Å². The number of aliphatic hydroxyl groups excluding tert-OH is 2. The third-order valence-electron chi connectivity index (χ3n) is 3.15. The largest absolute Gasteiger partial charge is 0.394 e. The highest BCUT2D eigenvalue weighted by Crippen LogP contribution is 2.30. The second-order valence-corrected chi connectivity index (χ2v) is 4.34. The molecule has 0 spiro atoms.